The summed E-state index contributed by atoms with van der Waals surface area (Å²) in [4.78, 5) is 42.6. The zero-order valence-corrected chi connectivity index (χ0v) is 23.0. The van der Waals surface area contributed by atoms with Gasteiger partial charge in [-0.1, -0.05) is 23.7 Å². The van der Waals surface area contributed by atoms with Crippen molar-refractivity contribution in [3.63, 3.8) is 0 Å². The smallest absolute Gasteiger partial charge is 0.412 e. The Labute approximate surface area is 240 Å². The minimum atomic E-state index is -1.05. The van der Waals surface area contributed by atoms with Crippen molar-refractivity contribution < 1.29 is 33.0 Å². The fraction of sp³-hybridized carbons (Fsp3) is 0.333. The highest BCUT2D eigenvalue weighted by Crippen LogP contribution is 2.20. The number of rotatable bonds is 12. The van der Waals surface area contributed by atoms with Gasteiger partial charge in [-0.3, -0.25) is 10.1 Å². The molecule has 6 N–H and O–H groups in total. The van der Waals surface area contributed by atoms with Crippen LogP contribution in [0.15, 0.2) is 48.7 Å². The monoisotopic (exact) mass is 592 g/mol. The number of ether oxygens (including phenoxy) is 1. The first-order chi connectivity index (χ1) is 19.6. The number of amides is 4. The molecule has 0 saturated carbocycles. The topological polar surface area (TPSA) is 159 Å². The lowest BCUT2D eigenvalue weighted by Crippen LogP contribution is -2.46. The Balaban J connectivity index is 1.61. The van der Waals surface area contributed by atoms with Crippen LogP contribution in [0.5, 0.6) is 0 Å². The van der Waals surface area contributed by atoms with Crippen LogP contribution in [0.1, 0.15) is 18.4 Å². The fourth-order valence-electron chi connectivity index (χ4n) is 3.79. The molecule has 1 aromatic heterocycles. The van der Waals surface area contributed by atoms with Crippen LogP contribution in [0.25, 0.3) is 10.8 Å². The number of likely N-dealkylation sites (N-methyl/N-ethyl adjacent to an activating group) is 1. The van der Waals surface area contributed by atoms with Crippen LogP contribution in [0.3, 0.4) is 0 Å². The predicted molar refractivity (Wildman–Crippen MR) is 149 cm³/mol. The first kappa shape index (κ1) is 31.5. The molecule has 3 aromatic rings. The van der Waals surface area contributed by atoms with E-state index in [1.54, 1.807) is 12.1 Å². The second kappa shape index (κ2) is 15.1. The summed E-state index contributed by atoms with van der Waals surface area (Å²) in [6.07, 6.45) is 1.32. The highest BCUT2D eigenvalue weighted by atomic mass is 35.5. The SMILES string of the molecule is CN(C(=O)NCc1cccc(F)c1Cl)[C@@H](CCCNC(=O)C(N)CO)COC(=O)Nc1cc2cc(F)ccc2cn1. The summed E-state index contributed by atoms with van der Waals surface area (Å²) in [5.74, 6) is -1.43. The van der Waals surface area contributed by atoms with Gasteiger partial charge in [0.2, 0.25) is 5.91 Å². The van der Waals surface area contributed by atoms with Crippen molar-refractivity contribution in [1.82, 2.24) is 20.5 Å². The number of pyridine rings is 1. The standard InChI is InChI=1S/C27H31ClF2N6O5/c1-36(26(39)34-13-17-4-2-6-21(30)24(17)28)20(5-3-9-32-25(38)22(31)14-37)15-41-27(40)35-23-11-18-10-19(29)8-7-16(18)12-33-23/h2,4,6-8,10-12,20,22,37H,3,5,9,13-15,31H2,1H3,(H,32,38)(H,34,39)(H,33,35,40)/t20-,22?/m0/s1. The fourth-order valence-corrected chi connectivity index (χ4v) is 3.98. The molecule has 220 valence electrons. The number of carbonyl (C=O) groups excluding carboxylic acids is 3. The minimum Gasteiger partial charge on any atom is -0.447 e. The summed E-state index contributed by atoms with van der Waals surface area (Å²) in [6, 6.07) is 7.69. The van der Waals surface area contributed by atoms with E-state index in [9.17, 15) is 23.2 Å². The molecule has 0 aliphatic rings. The molecule has 3 rings (SSSR count). The molecule has 41 heavy (non-hydrogen) atoms. The number of benzene rings is 2. The number of nitrogens with two attached hydrogens (primary N) is 1. The van der Waals surface area contributed by atoms with Crippen molar-refractivity contribution in [1.29, 1.82) is 0 Å². The zero-order chi connectivity index (χ0) is 29.9. The lowest BCUT2D eigenvalue weighted by atomic mass is 10.1. The number of urea groups is 1. The average molecular weight is 593 g/mol. The molecule has 0 radical (unpaired) electrons. The molecule has 0 saturated heterocycles. The Kier molecular flexibility index (Phi) is 11.6. The Bertz CT molecular complexity index is 1380. The zero-order valence-electron chi connectivity index (χ0n) is 22.2. The molecule has 0 bridgehead atoms. The van der Waals surface area contributed by atoms with Gasteiger partial charge in [-0.05, 0) is 54.1 Å². The second-order valence-electron chi connectivity index (χ2n) is 9.14. The maximum absolute atomic E-state index is 13.7. The van der Waals surface area contributed by atoms with E-state index in [0.717, 1.165) is 0 Å². The normalized spacial score (nSPS) is 12.3. The van der Waals surface area contributed by atoms with Crippen LogP contribution in [0.4, 0.5) is 24.2 Å². The highest BCUT2D eigenvalue weighted by Gasteiger charge is 2.22. The Hall–Kier alpha value is -4.07. The Morgan fingerprint density at radius 3 is 2.68 bits per heavy atom. The van der Waals surface area contributed by atoms with Crippen LogP contribution in [-0.4, -0.2) is 71.9 Å². The van der Waals surface area contributed by atoms with Crippen molar-refractivity contribution in [2.45, 2.75) is 31.5 Å². The number of hydrogen-bond acceptors (Lipinski definition) is 7. The third kappa shape index (κ3) is 9.23. The van der Waals surface area contributed by atoms with Gasteiger partial charge in [0.1, 0.15) is 30.1 Å². The molecule has 1 unspecified atom stereocenters. The van der Waals surface area contributed by atoms with Crippen LogP contribution in [0.2, 0.25) is 5.02 Å². The summed E-state index contributed by atoms with van der Waals surface area (Å²) in [7, 11) is 1.49. The first-order valence-electron chi connectivity index (χ1n) is 12.7. The molecule has 0 aliphatic heterocycles. The van der Waals surface area contributed by atoms with Gasteiger partial charge in [0.25, 0.3) is 0 Å². The second-order valence-corrected chi connectivity index (χ2v) is 9.52. The van der Waals surface area contributed by atoms with Gasteiger partial charge in [-0.15, -0.1) is 0 Å². The van der Waals surface area contributed by atoms with E-state index in [0.29, 0.717) is 29.2 Å². The number of carbonyl (C=O) groups is 3. The summed E-state index contributed by atoms with van der Waals surface area (Å²) >= 11 is 5.97. The first-order valence-corrected chi connectivity index (χ1v) is 13.0. The summed E-state index contributed by atoms with van der Waals surface area (Å²) in [5.41, 5.74) is 5.87. The van der Waals surface area contributed by atoms with Crippen LogP contribution in [-0.2, 0) is 16.1 Å². The van der Waals surface area contributed by atoms with Crippen LogP contribution in [0, 0.1) is 11.6 Å². The van der Waals surface area contributed by atoms with Gasteiger partial charge in [0.05, 0.1) is 17.7 Å². The van der Waals surface area contributed by atoms with Gasteiger partial charge >= 0.3 is 12.1 Å². The van der Waals surface area contributed by atoms with Crippen LogP contribution < -0.4 is 21.7 Å². The van der Waals surface area contributed by atoms with Crippen molar-refractivity contribution in [3.05, 3.63) is 70.9 Å². The number of aliphatic hydroxyl groups excluding tert-OH is 1. The van der Waals surface area contributed by atoms with Gasteiger partial charge in [-0.25, -0.2) is 23.4 Å². The van der Waals surface area contributed by atoms with E-state index in [-0.39, 0.29) is 30.5 Å². The lowest BCUT2D eigenvalue weighted by molar-refractivity contribution is -0.123. The van der Waals surface area contributed by atoms with E-state index in [1.807, 2.05) is 0 Å². The summed E-state index contributed by atoms with van der Waals surface area (Å²) in [6.45, 7) is -0.572. The third-order valence-electron chi connectivity index (χ3n) is 6.20. The quantitative estimate of drug-likeness (QED) is 0.202. The summed E-state index contributed by atoms with van der Waals surface area (Å²) in [5, 5.41) is 17.8. The van der Waals surface area contributed by atoms with Crippen molar-refractivity contribution in [2.24, 2.45) is 5.73 Å². The predicted octanol–water partition coefficient (Wildman–Crippen LogP) is 3.14. The molecule has 14 heteroatoms. The highest BCUT2D eigenvalue weighted by molar-refractivity contribution is 6.31. The molecule has 4 amide bonds. The number of aliphatic hydroxyl groups is 1. The van der Waals surface area contributed by atoms with Gasteiger partial charge in [0, 0.05) is 31.7 Å². The number of halogens is 3. The van der Waals surface area contributed by atoms with Crippen molar-refractivity contribution in [2.75, 3.05) is 32.1 Å². The molecule has 2 aromatic carbocycles. The number of fused-ring (bicyclic) bond motifs is 1. The lowest BCUT2D eigenvalue weighted by Gasteiger charge is -2.28. The largest absolute Gasteiger partial charge is 0.447 e. The maximum atomic E-state index is 13.7. The minimum absolute atomic E-state index is 0.0445. The molecule has 0 fully saturated rings. The molecular formula is C27H31ClF2N6O5. The van der Waals surface area contributed by atoms with E-state index in [1.165, 1.54) is 48.5 Å². The van der Waals surface area contributed by atoms with Crippen molar-refractivity contribution >= 4 is 46.2 Å². The molecule has 2 atom stereocenters. The molecule has 11 nitrogen and oxygen atoms in total. The molecule has 0 spiro atoms. The molecule has 1 heterocycles. The number of aromatic nitrogens is 1. The van der Waals surface area contributed by atoms with Crippen molar-refractivity contribution in [3.8, 4) is 0 Å². The number of anilines is 1. The Morgan fingerprint density at radius 1 is 1.15 bits per heavy atom. The van der Waals surface area contributed by atoms with Crippen LogP contribution >= 0.6 is 11.6 Å². The molecule has 0 aliphatic carbocycles. The average Bonchev–Trinajstić information content (AvgIpc) is 2.96. The number of nitrogens with zero attached hydrogens (tertiary/aromatic N) is 2. The van der Waals surface area contributed by atoms with E-state index in [2.05, 4.69) is 20.9 Å². The molecular weight excluding hydrogens is 562 g/mol. The van der Waals surface area contributed by atoms with Gasteiger partial charge in [0.15, 0.2) is 0 Å². The third-order valence-corrected chi connectivity index (χ3v) is 6.62. The van der Waals surface area contributed by atoms with Gasteiger partial charge < -0.3 is 31.1 Å². The van der Waals surface area contributed by atoms with E-state index in [4.69, 9.17) is 27.2 Å². The van der Waals surface area contributed by atoms with Gasteiger partial charge in [-0.2, -0.15) is 0 Å². The van der Waals surface area contributed by atoms with E-state index < -0.39 is 48.4 Å². The Morgan fingerprint density at radius 2 is 1.93 bits per heavy atom. The van der Waals surface area contributed by atoms with E-state index >= 15 is 0 Å². The number of hydrogen-bond donors (Lipinski definition) is 5. The number of nitrogens with one attached hydrogen (secondary N) is 3. The maximum Gasteiger partial charge on any atom is 0.412 e. The summed E-state index contributed by atoms with van der Waals surface area (Å²) < 4.78 is 32.7.